The Morgan fingerprint density at radius 3 is 2.61 bits per heavy atom. The van der Waals surface area contributed by atoms with Crippen LogP contribution in [0.15, 0.2) is 46.9 Å². The maximum atomic E-state index is 12.9. The minimum absolute atomic E-state index is 0.203. The van der Waals surface area contributed by atoms with Crippen molar-refractivity contribution in [2.45, 2.75) is 33.4 Å². The molecule has 0 saturated heterocycles. The lowest BCUT2D eigenvalue weighted by Crippen LogP contribution is -2.49. The number of hydrogen-bond donors (Lipinski definition) is 1. The van der Waals surface area contributed by atoms with Crippen LogP contribution in [0.1, 0.15) is 25.0 Å². The fraction of sp³-hybridized carbons (Fsp3) is 0.333. The number of likely N-dealkylation sites (N-methyl/N-ethyl adjacent to an activating group) is 1. The Kier molecular flexibility index (Phi) is 8.33. The monoisotopic (exact) mass is 466 g/mol. The molecule has 1 atom stereocenters. The predicted octanol–water partition coefficient (Wildman–Crippen LogP) is 4.34. The minimum Gasteiger partial charge on any atom is -0.482 e. The molecule has 2 aromatic rings. The first-order chi connectivity index (χ1) is 13.3. The number of nitrogens with one attached hydrogen (secondary N) is 1. The predicted molar refractivity (Wildman–Crippen MR) is 115 cm³/mol. The fourth-order valence-corrected chi connectivity index (χ4v) is 3.42. The number of halogens is 2. The second kappa shape index (κ2) is 10.5. The van der Waals surface area contributed by atoms with E-state index in [0.29, 0.717) is 23.9 Å². The summed E-state index contributed by atoms with van der Waals surface area (Å²) in [6, 6.07) is 12.3. The number of hydrogen-bond acceptors (Lipinski definition) is 3. The van der Waals surface area contributed by atoms with E-state index in [9.17, 15) is 9.59 Å². The molecule has 0 aliphatic heterocycles. The molecule has 1 N–H and O–H groups in total. The fourth-order valence-electron chi connectivity index (χ4n) is 2.69. The summed E-state index contributed by atoms with van der Waals surface area (Å²) in [5, 5.41) is 3.18. The third kappa shape index (κ3) is 5.97. The van der Waals surface area contributed by atoms with Crippen LogP contribution in [0, 0.1) is 6.92 Å². The van der Waals surface area contributed by atoms with Gasteiger partial charge in [0, 0.05) is 17.6 Å². The van der Waals surface area contributed by atoms with Gasteiger partial charge >= 0.3 is 0 Å². The van der Waals surface area contributed by atoms with E-state index in [1.54, 1.807) is 25.1 Å². The quantitative estimate of drug-likeness (QED) is 0.628. The zero-order chi connectivity index (χ0) is 20.7. The summed E-state index contributed by atoms with van der Waals surface area (Å²) in [5.74, 6) is -0.0770. The molecule has 0 bridgehead atoms. The minimum atomic E-state index is -0.629. The molecule has 2 rings (SSSR count). The van der Waals surface area contributed by atoms with Crippen LogP contribution in [-0.2, 0) is 16.1 Å². The van der Waals surface area contributed by atoms with Gasteiger partial charge in [-0.25, -0.2) is 0 Å². The molecule has 0 aliphatic carbocycles. The Hall–Kier alpha value is -2.05. The average molecular weight is 468 g/mol. The molecule has 0 spiro atoms. The lowest BCUT2D eigenvalue weighted by molar-refractivity contribution is -0.142. The topological polar surface area (TPSA) is 58.6 Å². The second-order valence-corrected chi connectivity index (χ2v) is 7.70. The van der Waals surface area contributed by atoms with Crippen molar-refractivity contribution < 1.29 is 14.3 Å². The van der Waals surface area contributed by atoms with E-state index in [1.807, 2.05) is 38.1 Å². The molecule has 0 aliphatic rings. The summed E-state index contributed by atoms with van der Waals surface area (Å²) in [7, 11) is 0. The van der Waals surface area contributed by atoms with Gasteiger partial charge in [-0.05, 0) is 50.1 Å². The van der Waals surface area contributed by atoms with Crippen molar-refractivity contribution in [3.63, 3.8) is 0 Å². The van der Waals surface area contributed by atoms with Crippen molar-refractivity contribution in [2.24, 2.45) is 0 Å². The molecular weight excluding hydrogens is 444 g/mol. The van der Waals surface area contributed by atoms with Gasteiger partial charge in [-0.15, -0.1) is 0 Å². The average Bonchev–Trinajstić information content (AvgIpc) is 2.66. The standard InChI is InChI=1S/C21H24BrClN2O3/c1-4-24-21(27)15(3)25(12-16-8-6-5-7-14(16)2)20(26)13-28-19-10-9-17(22)11-18(19)23/h5-11,15H,4,12-13H2,1-3H3,(H,24,27)/t15-/m1/s1. The molecule has 0 heterocycles. The summed E-state index contributed by atoms with van der Waals surface area (Å²) in [4.78, 5) is 26.8. The third-order valence-corrected chi connectivity index (χ3v) is 5.15. The maximum Gasteiger partial charge on any atom is 0.261 e. The lowest BCUT2D eigenvalue weighted by atomic mass is 10.1. The molecule has 5 nitrogen and oxygen atoms in total. The Morgan fingerprint density at radius 1 is 1.25 bits per heavy atom. The van der Waals surface area contributed by atoms with E-state index in [4.69, 9.17) is 16.3 Å². The van der Waals surface area contributed by atoms with E-state index in [2.05, 4.69) is 21.2 Å². The number of carbonyl (C=O) groups excluding carboxylic acids is 2. The van der Waals surface area contributed by atoms with Gasteiger partial charge in [-0.1, -0.05) is 51.8 Å². The van der Waals surface area contributed by atoms with Crippen LogP contribution in [0.25, 0.3) is 0 Å². The first-order valence-corrected chi connectivity index (χ1v) is 10.2. The molecule has 2 amide bonds. The molecular formula is C21H24BrClN2O3. The number of benzene rings is 2. The van der Waals surface area contributed by atoms with Crippen molar-refractivity contribution >= 4 is 39.3 Å². The van der Waals surface area contributed by atoms with Crippen molar-refractivity contribution in [3.05, 3.63) is 63.1 Å². The van der Waals surface area contributed by atoms with Crippen LogP contribution in [0.2, 0.25) is 5.02 Å². The number of carbonyl (C=O) groups is 2. The van der Waals surface area contributed by atoms with Gasteiger partial charge < -0.3 is 15.0 Å². The maximum absolute atomic E-state index is 12.9. The zero-order valence-corrected chi connectivity index (χ0v) is 18.5. The number of rotatable bonds is 8. The van der Waals surface area contributed by atoms with Crippen molar-refractivity contribution in [3.8, 4) is 5.75 Å². The van der Waals surface area contributed by atoms with Crippen LogP contribution in [0.5, 0.6) is 5.75 Å². The molecule has 0 radical (unpaired) electrons. The Bertz CT molecular complexity index is 844. The van der Waals surface area contributed by atoms with Crippen LogP contribution in [0.4, 0.5) is 0 Å². The van der Waals surface area contributed by atoms with Gasteiger partial charge in [0.05, 0.1) is 5.02 Å². The van der Waals surface area contributed by atoms with Gasteiger partial charge in [0.2, 0.25) is 5.91 Å². The van der Waals surface area contributed by atoms with Gasteiger partial charge in [-0.2, -0.15) is 0 Å². The lowest BCUT2D eigenvalue weighted by Gasteiger charge is -2.29. The van der Waals surface area contributed by atoms with Crippen LogP contribution in [-0.4, -0.2) is 35.9 Å². The molecule has 7 heteroatoms. The largest absolute Gasteiger partial charge is 0.482 e. The zero-order valence-electron chi connectivity index (χ0n) is 16.2. The van der Waals surface area contributed by atoms with E-state index in [0.717, 1.165) is 15.6 Å². The molecule has 0 aromatic heterocycles. The van der Waals surface area contributed by atoms with Crippen molar-refractivity contribution in [2.75, 3.05) is 13.2 Å². The summed E-state index contributed by atoms with van der Waals surface area (Å²) >= 11 is 9.49. The summed E-state index contributed by atoms with van der Waals surface area (Å²) in [6.45, 7) is 6.15. The SMILES string of the molecule is CCNC(=O)[C@@H](C)N(Cc1ccccc1C)C(=O)COc1ccc(Br)cc1Cl. The highest BCUT2D eigenvalue weighted by Gasteiger charge is 2.26. The van der Waals surface area contributed by atoms with Crippen LogP contribution >= 0.6 is 27.5 Å². The normalized spacial score (nSPS) is 11.6. The Balaban J connectivity index is 2.18. The first kappa shape index (κ1) is 22.2. The number of amides is 2. The molecule has 0 saturated carbocycles. The highest BCUT2D eigenvalue weighted by atomic mass is 79.9. The highest BCUT2D eigenvalue weighted by molar-refractivity contribution is 9.10. The Labute approximate surface area is 179 Å². The van der Waals surface area contributed by atoms with E-state index < -0.39 is 6.04 Å². The molecule has 28 heavy (non-hydrogen) atoms. The van der Waals surface area contributed by atoms with Crippen LogP contribution < -0.4 is 10.1 Å². The first-order valence-electron chi connectivity index (χ1n) is 9.03. The summed E-state index contributed by atoms with van der Waals surface area (Å²) in [6.07, 6.45) is 0. The van der Waals surface area contributed by atoms with Gasteiger partial charge in [0.25, 0.3) is 5.91 Å². The molecule has 2 aromatic carbocycles. The van der Waals surface area contributed by atoms with Crippen LogP contribution in [0.3, 0.4) is 0 Å². The number of aryl methyl sites for hydroxylation is 1. The highest BCUT2D eigenvalue weighted by Crippen LogP contribution is 2.27. The summed E-state index contributed by atoms with van der Waals surface area (Å²) < 4.78 is 6.44. The van der Waals surface area contributed by atoms with E-state index >= 15 is 0 Å². The van der Waals surface area contributed by atoms with Gasteiger partial charge in [0.15, 0.2) is 6.61 Å². The third-order valence-electron chi connectivity index (χ3n) is 4.37. The molecule has 150 valence electrons. The van der Waals surface area contributed by atoms with Gasteiger partial charge in [-0.3, -0.25) is 9.59 Å². The molecule has 0 unspecified atom stereocenters. The van der Waals surface area contributed by atoms with E-state index in [1.165, 1.54) is 4.90 Å². The second-order valence-electron chi connectivity index (χ2n) is 6.38. The molecule has 0 fully saturated rings. The van der Waals surface area contributed by atoms with Crippen molar-refractivity contribution in [1.82, 2.24) is 10.2 Å². The van der Waals surface area contributed by atoms with Gasteiger partial charge in [0.1, 0.15) is 11.8 Å². The summed E-state index contributed by atoms with van der Waals surface area (Å²) in [5.41, 5.74) is 2.04. The Morgan fingerprint density at radius 2 is 1.96 bits per heavy atom. The smallest absolute Gasteiger partial charge is 0.261 e. The van der Waals surface area contributed by atoms with E-state index in [-0.39, 0.29) is 18.4 Å². The number of nitrogens with zero attached hydrogens (tertiary/aromatic N) is 1. The van der Waals surface area contributed by atoms with Crippen molar-refractivity contribution in [1.29, 1.82) is 0 Å². The number of ether oxygens (including phenoxy) is 1.